The second kappa shape index (κ2) is 9.89. The molecule has 0 spiro atoms. The first-order valence-electron chi connectivity index (χ1n) is 6.42. The maximum Gasteiger partial charge on any atom is 0.00193 e. The maximum absolute atomic E-state index is 4.66. The quantitative estimate of drug-likeness (QED) is 0.510. The zero-order chi connectivity index (χ0) is 10.8. The van der Waals surface area contributed by atoms with E-state index in [-0.39, 0.29) is 0 Å². The van der Waals surface area contributed by atoms with E-state index in [1.54, 1.807) is 0 Å². The molecule has 0 aliphatic rings. The molecule has 0 radical (unpaired) electrons. The lowest BCUT2D eigenvalue weighted by Crippen LogP contribution is -2.09. The Morgan fingerprint density at radius 1 is 0.857 bits per heavy atom. The minimum absolute atomic E-state index is 0.647. The van der Waals surface area contributed by atoms with Crippen LogP contribution in [0.1, 0.15) is 72.1 Å². The van der Waals surface area contributed by atoms with Crippen molar-refractivity contribution in [3.8, 4) is 0 Å². The van der Waals surface area contributed by atoms with Gasteiger partial charge in [0.15, 0.2) is 0 Å². The average Bonchev–Trinajstić information content (AvgIpc) is 2.15. The third-order valence-electron chi connectivity index (χ3n) is 2.89. The van der Waals surface area contributed by atoms with Crippen molar-refractivity contribution in [2.24, 2.45) is 5.92 Å². The molecule has 0 rings (SSSR count). The van der Waals surface area contributed by atoms with E-state index in [1.807, 2.05) is 0 Å². The zero-order valence-corrected chi connectivity index (χ0v) is 11.2. The predicted molar refractivity (Wildman–Crippen MR) is 70.2 cm³/mol. The van der Waals surface area contributed by atoms with Crippen LogP contribution in [0.15, 0.2) is 0 Å². The summed E-state index contributed by atoms with van der Waals surface area (Å²) < 4.78 is 0. The van der Waals surface area contributed by atoms with Gasteiger partial charge >= 0.3 is 0 Å². The lowest BCUT2D eigenvalue weighted by Gasteiger charge is -2.19. The van der Waals surface area contributed by atoms with Crippen LogP contribution in [0.3, 0.4) is 0 Å². The highest BCUT2D eigenvalue weighted by molar-refractivity contribution is 7.80. The lowest BCUT2D eigenvalue weighted by atomic mass is 9.91. The second-order valence-electron chi connectivity index (χ2n) is 4.48. The number of hydrogen-bond acceptors (Lipinski definition) is 1. The summed E-state index contributed by atoms with van der Waals surface area (Å²) in [5.41, 5.74) is 0. The molecule has 0 bridgehead atoms. The van der Waals surface area contributed by atoms with Crippen molar-refractivity contribution >= 4 is 12.6 Å². The highest BCUT2D eigenvalue weighted by Gasteiger charge is 2.11. The van der Waals surface area contributed by atoms with Gasteiger partial charge in [-0.05, 0) is 18.8 Å². The zero-order valence-electron chi connectivity index (χ0n) is 10.3. The van der Waals surface area contributed by atoms with E-state index in [2.05, 4.69) is 33.4 Å². The number of unbranched alkanes of at least 4 members (excludes halogenated alkanes) is 1. The Morgan fingerprint density at radius 2 is 1.50 bits per heavy atom. The first-order valence-corrected chi connectivity index (χ1v) is 6.94. The fourth-order valence-corrected chi connectivity index (χ4v) is 2.67. The summed E-state index contributed by atoms with van der Waals surface area (Å²) >= 11 is 4.66. The normalized spacial score (nSPS) is 15.4. The van der Waals surface area contributed by atoms with E-state index in [0.29, 0.717) is 5.25 Å². The summed E-state index contributed by atoms with van der Waals surface area (Å²) in [5, 5.41) is 0.647. The minimum atomic E-state index is 0.647. The van der Waals surface area contributed by atoms with Gasteiger partial charge in [-0.25, -0.2) is 0 Å². The van der Waals surface area contributed by atoms with E-state index in [9.17, 15) is 0 Å². The fourth-order valence-electron chi connectivity index (χ4n) is 2.12. The summed E-state index contributed by atoms with van der Waals surface area (Å²) in [6.07, 6.45) is 10.8. The van der Waals surface area contributed by atoms with E-state index in [4.69, 9.17) is 0 Å². The van der Waals surface area contributed by atoms with Crippen molar-refractivity contribution in [2.45, 2.75) is 77.4 Å². The van der Waals surface area contributed by atoms with Crippen LogP contribution < -0.4 is 0 Å². The summed E-state index contributed by atoms with van der Waals surface area (Å²) in [4.78, 5) is 0. The van der Waals surface area contributed by atoms with Crippen molar-refractivity contribution < 1.29 is 0 Å². The van der Waals surface area contributed by atoms with E-state index >= 15 is 0 Å². The molecule has 0 aromatic heterocycles. The summed E-state index contributed by atoms with van der Waals surface area (Å²) in [6, 6.07) is 0. The van der Waals surface area contributed by atoms with Gasteiger partial charge < -0.3 is 0 Å². The molecule has 0 nitrogen and oxygen atoms in total. The molecule has 86 valence electrons. The Morgan fingerprint density at radius 3 is 2.00 bits per heavy atom. The third-order valence-corrected chi connectivity index (χ3v) is 3.36. The molecule has 0 N–H and O–H groups in total. The smallest absolute Gasteiger partial charge is 0.00193 e. The van der Waals surface area contributed by atoms with Crippen LogP contribution in [0, 0.1) is 5.92 Å². The van der Waals surface area contributed by atoms with Crippen LogP contribution >= 0.6 is 12.6 Å². The van der Waals surface area contributed by atoms with Crippen molar-refractivity contribution in [3.63, 3.8) is 0 Å². The van der Waals surface area contributed by atoms with Gasteiger partial charge in [0, 0.05) is 5.25 Å². The van der Waals surface area contributed by atoms with Crippen LogP contribution in [0.4, 0.5) is 0 Å². The maximum atomic E-state index is 4.66. The third kappa shape index (κ3) is 7.73. The van der Waals surface area contributed by atoms with Gasteiger partial charge in [0.25, 0.3) is 0 Å². The van der Waals surface area contributed by atoms with Gasteiger partial charge in [-0.2, -0.15) is 12.6 Å². The van der Waals surface area contributed by atoms with Crippen molar-refractivity contribution in [3.05, 3.63) is 0 Å². The largest absolute Gasteiger partial charge is 0.176 e. The molecule has 2 atom stereocenters. The van der Waals surface area contributed by atoms with Gasteiger partial charge in [-0.15, -0.1) is 0 Å². The van der Waals surface area contributed by atoms with Gasteiger partial charge in [-0.1, -0.05) is 59.3 Å². The number of hydrogen-bond donors (Lipinski definition) is 1. The Kier molecular flexibility index (Phi) is 10.1. The molecule has 2 unspecified atom stereocenters. The average molecular weight is 216 g/mol. The monoisotopic (exact) mass is 216 g/mol. The van der Waals surface area contributed by atoms with E-state index in [1.165, 1.54) is 51.4 Å². The van der Waals surface area contributed by atoms with Gasteiger partial charge in [0.05, 0.1) is 0 Å². The molecular formula is C13H28S. The minimum Gasteiger partial charge on any atom is -0.176 e. The molecule has 0 aromatic rings. The van der Waals surface area contributed by atoms with E-state index in [0.717, 1.165) is 5.92 Å². The molecule has 0 aliphatic carbocycles. The molecule has 0 saturated carbocycles. The molecule has 0 saturated heterocycles. The van der Waals surface area contributed by atoms with Gasteiger partial charge in [-0.3, -0.25) is 0 Å². The van der Waals surface area contributed by atoms with Crippen LogP contribution in [0.25, 0.3) is 0 Å². The number of thiol groups is 1. The fraction of sp³-hybridized carbons (Fsp3) is 1.00. The summed E-state index contributed by atoms with van der Waals surface area (Å²) in [7, 11) is 0. The highest BCUT2D eigenvalue weighted by atomic mass is 32.1. The van der Waals surface area contributed by atoms with Crippen LogP contribution in [-0.4, -0.2) is 5.25 Å². The Bertz CT molecular complexity index is 112. The van der Waals surface area contributed by atoms with Crippen LogP contribution in [0.5, 0.6) is 0 Å². The number of rotatable bonds is 9. The van der Waals surface area contributed by atoms with Crippen LogP contribution in [-0.2, 0) is 0 Å². The van der Waals surface area contributed by atoms with Crippen LogP contribution in [0.2, 0.25) is 0 Å². The summed E-state index contributed by atoms with van der Waals surface area (Å²) in [6.45, 7) is 6.84. The summed E-state index contributed by atoms with van der Waals surface area (Å²) in [5.74, 6) is 0.939. The molecule has 0 heterocycles. The molecule has 14 heavy (non-hydrogen) atoms. The molecular weight excluding hydrogens is 188 g/mol. The molecule has 0 aromatic carbocycles. The Labute approximate surface area is 96.3 Å². The van der Waals surface area contributed by atoms with Gasteiger partial charge in [0.1, 0.15) is 0 Å². The second-order valence-corrected chi connectivity index (χ2v) is 5.21. The SMILES string of the molecule is CCCCC(CCC)CC(S)CCC. The molecule has 0 amide bonds. The standard InChI is InChI=1S/C13H28S/c1-4-7-10-12(8-5-2)11-13(14)9-6-3/h12-14H,4-11H2,1-3H3. The van der Waals surface area contributed by atoms with Crippen molar-refractivity contribution in [1.29, 1.82) is 0 Å². The molecule has 0 aliphatic heterocycles. The first-order chi connectivity index (χ1) is 6.74. The predicted octanol–water partition coefficient (Wildman–Crippen LogP) is 5.08. The topological polar surface area (TPSA) is 0 Å². The highest BCUT2D eigenvalue weighted by Crippen LogP contribution is 2.24. The first kappa shape index (κ1) is 14.3. The lowest BCUT2D eigenvalue weighted by molar-refractivity contribution is 0.392. The van der Waals surface area contributed by atoms with Crippen molar-refractivity contribution in [1.82, 2.24) is 0 Å². The van der Waals surface area contributed by atoms with Crippen molar-refractivity contribution in [2.75, 3.05) is 0 Å². The molecule has 1 heteroatoms. The van der Waals surface area contributed by atoms with Gasteiger partial charge in [0.2, 0.25) is 0 Å². The molecule has 0 fully saturated rings. The Hall–Kier alpha value is 0.350. The Balaban J connectivity index is 3.69. The van der Waals surface area contributed by atoms with E-state index < -0.39 is 0 Å².